The molecule has 1 fully saturated rings. The van der Waals surface area contributed by atoms with Crippen molar-refractivity contribution in [3.63, 3.8) is 0 Å². The van der Waals surface area contributed by atoms with Crippen molar-refractivity contribution < 1.29 is 39.2 Å². The van der Waals surface area contributed by atoms with E-state index in [1.54, 1.807) is 6.07 Å². The van der Waals surface area contributed by atoms with Crippen LogP contribution >= 0.6 is 11.8 Å². The van der Waals surface area contributed by atoms with Crippen molar-refractivity contribution in [3.8, 4) is 0 Å². The van der Waals surface area contributed by atoms with Crippen LogP contribution < -0.4 is 20.4 Å². The lowest BCUT2D eigenvalue weighted by Crippen LogP contribution is -2.67. The first-order chi connectivity index (χ1) is 29.9. The summed E-state index contributed by atoms with van der Waals surface area (Å²) in [7, 11) is -13.5. The number of alkyl halides is 3. The Morgan fingerprint density at radius 2 is 1.24 bits per heavy atom. The van der Waals surface area contributed by atoms with Crippen LogP contribution in [0.5, 0.6) is 0 Å². The van der Waals surface area contributed by atoms with Gasteiger partial charge in [-0.25, -0.2) is 21.6 Å². The highest BCUT2D eigenvalue weighted by Crippen LogP contribution is 2.38. The zero-order valence-electron chi connectivity index (χ0n) is 35.4. The highest BCUT2D eigenvalue weighted by Gasteiger charge is 2.50. The average molecular weight is 939 g/mol. The van der Waals surface area contributed by atoms with Gasteiger partial charge in [-0.15, -0.1) is 11.8 Å². The zero-order valence-corrected chi connectivity index (χ0v) is 38.9. The maximum atomic E-state index is 14.2. The van der Waals surface area contributed by atoms with E-state index in [0.29, 0.717) is 31.4 Å². The van der Waals surface area contributed by atoms with Gasteiger partial charge in [-0.3, -0.25) is 9.69 Å². The molecular weight excluding hydrogens is 886 g/mol. The molecule has 1 saturated heterocycles. The third-order valence-corrected chi connectivity index (χ3v) is 20.1. The monoisotopic (exact) mass is 938 g/mol. The van der Waals surface area contributed by atoms with Crippen molar-refractivity contribution in [2.75, 3.05) is 56.9 Å². The third-order valence-electron chi connectivity index (χ3n) is 11.1. The number of halogens is 3. The molecule has 1 aliphatic rings. The Morgan fingerprint density at radius 1 is 0.730 bits per heavy atom. The summed E-state index contributed by atoms with van der Waals surface area (Å²) in [5, 5.41) is 5.34. The summed E-state index contributed by atoms with van der Waals surface area (Å²) >= 11 is 1.46. The molecular formula is C46H53F3N4O6S3Si. The average Bonchev–Trinajstić information content (AvgIpc) is 3.27. The van der Waals surface area contributed by atoms with Gasteiger partial charge in [-0.05, 0) is 64.3 Å². The van der Waals surface area contributed by atoms with Crippen molar-refractivity contribution in [1.29, 1.82) is 0 Å². The molecule has 1 heterocycles. The van der Waals surface area contributed by atoms with Crippen molar-refractivity contribution in [2.24, 2.45) is 0 Å². The lowest BCUT2D eigenvalue weighted by Gasteiger charge is -2.43. The quantitative estimate of drug-likeness (QED) is 0.0686. The molecule has 5 aromatic rings. The minimum Gasteiger partial charge on any atom is -0.406 e. The van der Waals surface area contributed by atoms with E-state index >= 15 is 0 Å². The van der Waals surface area contributed by atoms with Gasteiger partial charge in [-0.2, -0.15) is 13.2 Å². The fraction of sp³-hybridized carbons (Fsp3) is 0.326. The lowest BCUT2D eigenvalue weighted by atomic mass is 10.2. The number of nitrogens with zero attached hydrogens (tertiary/aromatic N) is 2. The summed E-state index contributed by atoms with van der Waals surface area (Å²) in [5.41, 5.74) is -6.15. The third kappa shape index (κ3) is 11.8. The summed E-state index contributed by atoms with van der Waals surface area (Å²) in [6.45, 7) is 11.7. The second kappa shape index (κ2) is 20.6. The minimum absolute atomic E-state index is 0.0111. The minimum atomic E-state index is -6.05. The molecule has 0 bridgehead atoms. The molecule has 10 nitrogen and oxygen atoms in total. The number of thioether (sulfide) groups is 1. The number of rotatable bonds is 18. The van der Waals surface area contributed by atoms with E-state index in [9.17, 15) is 34.8 Å². The van der Waals surface area contributed by atoms with Gasteiger partial charge in [0.1, 0.15) is 4.90 Å². The Morgan fingerprint density at radius 3 is 1.76 bits per heavy atom. The molecule has 2 N–H and O–H groups in total. The van der Waals surface area contributed by atoms with Crippen molar-refractivity contribution >= 4 is 61.9 Å². The SMILES string of the molecule is CC(C)(C)[Si](OCCN1CCN(CC[C@H](CSc2ccccc2)Nc2ccc(S(=O)(=O)NC(=O)c3ccccc3)cc2S(=O)(=O)C(F)(F)F)CC1)(c1ccccc1)c1ccccc1. The topological polar surface area (TPSA) is 125 Å². The predicted octanol–water partition coefficient (Wildman–Crippen LogP) is 7.26. The van der Waals surface area contributed by atoms with Crippen molar-refractivity contribution in [3.05, 3.63) is 145 Å². The molecule has 0 spiro atoms. The Hall–Kier alpha value is -4.49. The van der Waals surface area contributed by atoms with E-state index in [1.807, 2.05) is 47.2 Å². The smallest absolute Gasteiger partial charge is 0.406 e. The summed E-state index contributed by atoms with van der Waals surface area (Å²) in [5.74, 6) is -0.664. The standard InChI is InChI=1S/C46H53F3N4O6S3Si/c1-45(2,3)63(40-20-12-6-13-21-40,41-22-14-7-15-23-41)59-33-32-53-30-28-52(29-31-53)27-26-37(35-60-38-18-10-5-11-19-38)50-42-25-24-39(34-43(42)61(55,56)46(47,48)49)62(57,58)51-44(54)36-16-8-4-9-17-36/h4-25,34,37,50H,26-33,35H2,1-3H3,(H,51,54)/t37-/m1/s1. The van der Waals surface area contributed by atoms with Gasteiger partial charge in [0, 0.05) is 68.1 Å². The van der Waals surface area contributed by atoms with Gasteiger partial charge in [0.05, 0.1) is 10.6 Å². The molecule has 1 amide bonds. The Balaban J connectivity index is 1.15. The molecule has 5 aromatic carbocycles. The first kappa shape index (κ1) is 48.0. The van der Waals surface area contributed by atoms with Crippen LogP contribution in [0, 0.1) is 0 Å². The number of piperazine rings is 1. The van der Waals surface area contributed by atoms with Gasteiger partial charge < -0.3 is 14.6 Å². The number of hydrogen-bond acceptors (Lipinski definition) is 10. The van der Waals surface area contributed by atoms with Gasteiger partial charge >= 0.3 is 5.51 Å². The van der Waals surface area contributed by atoms with Crippen LogP contribution in [0.3, 0.4) is 0 Å². The largest absolute Gasteiger partial charge is 0.501 e. The number of sulfone groups is 1. The number of anilines is 1. The van der Waals surface area contributed by atoms with Crippen molar-refractivity contribution in [2.45, 2.75) is 58.5 Å². The number of benzene rings is 5. The van der Waals surface area contributed by atoms with E-state index in [4.69, 9.17) is 4.43 Å². The fourth-order valence-corrected chi connectivity index (χ4v) is 15.3. The first-order valence-electron chi connectivity index (χ1n) is 20.6. The summed E-state index contributed by atoms with van der Waals surface area (Å²) in [6.07, 6.45) is 0.440. The lowest BCUT2D eigenvalue weighted by molar-refractivity contribution is -0.0435. The molecule has 63 heavy (non-hydrogen) atoms. The van der Waals surface area contributed by atoms with Gasteiger partial charge in [0.15, 0.2) is 0 Å². The maximum Gasteiger partial charge on any atom is 0.501 e. The molecule has 0 aromatic heterocycles. The van der Waals surface area contributed by atoms with E-state index in [1.165, 1.54) is 46.4 Å². The number of carbonyl (C=O) groups excluding carboxylic acids is 1. The summed E-state index contributed by atoms with van der Waals surface area (Å²) < 4.78 is 104. The number of carbonyl (C=O) groups is 1. The number of amides is 1. The predicted molar refractivity (Wildman–Crippen MR) is 246 cm³/mol. The van der Waals surface area contributed by atoms with Gasteiger partial charge in [0.25, 0.3) is 34.1 Å². The molecule has 1 atom stereocenters. The van der Waals surface area contributed by atoms with Crippen LogP contribution in [0.1, 0.15) is 37.6 Å². The van der Waals surface area contributed by atoms with E-state index in [0.717, 1.165) is 49.8 Å². The second-order valence-corrected chi connectivity index (χ2v) is 25.3. The Bertz CT molecular complexity index is 2450. The first-order valence-corrected chi connectivity index (χ1v) is 26.5. The Kier molecular flexibility index (Phi) is 15.7. The maximum absolute atomic E-state index is 14.2. The van der Waals surface area contributed by atoms with Crippen LogP contribution in [0.2, 0.25) is 5.04 Å². The van der Waals surface area contributed by atoms with Crippen LogP contribution in [0.25, 0.3) is 0 Å². The van der Waals surface area contributed by atoms with Crippen LogP contribution in [0.4, 0.5) is 18.9 Å². The van der Waals surface area contributed by atoms with E-state index < -0.39 is 61.1 Å². The van der Waals surface area contributed by atoms with E-state index in [-0.39, 0.29) is 10.6 Å². The van der Waals surface area contributed by atoms with Gasteiger partial charge in [-0.1, -0.05) is 118 Å². The molecule has 1 aliphatic heterocycles. The molecule has 0 aliphatic carbocycles. The number of hydrogen-bond donors (Lipinski definition) is 2. The molecule has 336 valence electrons. The fourth-order valence-electron chi connectivity index (χ4n) is 7.76. The molecule has 6 rings (SSSR count). The summed E-state index contributed by atoms with van der Waals surface area (Å²) in [4.78, 5) is 16.2. The highest BCUT2D eigenvalue weighted by atomic mass is 32.2. The van der Waals surface area contributed by atoms with Crippen LogP contribution in [0.15, 0.2) is 154 Å². The zero-order chi connectivity index (χ0) is 45.3. The molecule has 0 saturated carbocycles. The molecule has 0 unspecified atom stereocenters. The highest BCUT2D eigenvalue weighted by molar-refractivity contribution is 7.99. The molecule has 17 heteroatoms. The van der Waals surface area contributed by atoms with Crippen LogP contribution in [-0.2, 0) is 24.3 Å². The van der Waals surface area contributed by atoms with Crippen LogP contribution in [-0.4, -0.2) is 104 Å². The summed E-state index contributed by atoms with van der Waals surface area (Å²) in [6, 6.07) is 39.7. The second-order valence-electron chi connectivity index (χ2n) is 16.4. The number of nitrogens with one attached hydrogen (secondary N) is 2. The molecule has 0 radical (unpaired) electrons. The van der Waals surface area contributed by atoms with Gasteiger partial charge in [0.2, 0.25) is 0 Å². The Labute approximate surface area is 374 Å². The van der Waals surface area contributed by atoms with E-state index in [2.05, 4.69) is 84.4 Å². The van der Waals surface area contributed by atoms with Crippen molar-refractivity contribution in [1.82, 2.24) is 14.5 Å². The number of sulfonamides is 1. The normalized spacial score (nSPS) is 15.1.